The van der Waals surface area contributed by atoms with Crippen molar-refractivity contribution in [3.63, 3.8) is 0 Å². The topological polar surface area (TPSA) is 30.5 Å². The van der Waals surface area contributed by atoms with Crippen LogP contribution < -0.4 is 5.32 Å². The molecule has 2 saturated carbocycles. The molecule has 3 heteroatoms. The van der Waals surface area contributed by atoms with Crippen molar-refractivity contribution in [2.24, 2.45) is 11.8 Å². The summed E-state index contributed by atoms with van der Waals surface area (Å²) < 4.78 is 11.2. The number of methoxy groups -OCH3 is 1. The van der Waals surface area contributed by atoms with Crippen molar-refractivity contribution in [1.82, 2.24) is 5.32 Å². The molecule has 0 aromatic heterocycles. The Morgan fingerprint density at radius 2 is 1.94 bits per heavy atom. The van der Waals surface area contributed by atoms with Crippen LogP contribution in [0, 0.1) is 11.8 Å². The molecular weight excluding hydrogens is 214 g/mol. The van der Waals surface area contributed by atoms with Crippen LogP contribution in [0.5, 0.6) is 0 Å². The Morgan fingerprint density at radius 1 is 1.18 bits per heavy atom. The van der Waals surface area contributed by atoms with Crippen LogP contribution in [0.1, 0.15) is 40.0 Å². The molecule has 2 fully saturated rings. The molecule has 0 aromatic carbocycles. The van der Waals surface area contributed by atoms with Crippen molar-refractivity contribution in [1.29, 1.82) is 0 Å². The Hall–Kier alpha value is -0.120. The zero-order valence-corrected chi connectivity index (χ0v) is 11.6. The maximum atomic E-state index is 5.66. The monoisotopic (exact) mass is 241 g/mol. The lowest BCUT2D eigenvalue weighted by Crippen LogP contribution is -2.62. The number of hydrogen-bond donors (Lipinski definition) is 1. The lowest BCUT2D eigenvalue weighted by molar-refractivity contribution is -0.133. The minimum Gasteiger partial charge on any atom is -0.377 e. The lowest BCUT2D eigenvalue weighted by Gasteiger charge is -2.45. The van der Waals surface area contributed by atoms with E-state index < -0.39 is 0 Å². The van der Waals surface area contributed by atoms with Crippen LogP contribution in [0.25, 0.3) is 0 Å². The van der Waals surface area contributed by atoms with E-state index in [1.54, 1.807) is 7.11 Å². The van der Waals surface area contributed by atoms with Crippen molar-refractivity contribution in [3.05, 3.63) is 0 Å². The molecule has 0 amide bonds. The molecule has 0 bridgehead atoms. The van der Waals surface area contributed by atoms with Crippen LogP contribution >= 0.6 is 0 Å². The predicted octanol–water partition coefficient (Wildman–Crippen LogP) is 2.20. The van der Waals surface area contributed by atoms with Crippen molar-refractivity contribution < 1.29 is 9.47 Å². The first kappa shape index (κ1) is 13.3. The predicted molar refractivity (Wildman–Crippen MR) is 69.1 cm³/mol. The fraction of sp³-hybridized carbons (Fsp3) is 1.00. The number of rotatable bonds is 5. The van der Waals surface area contributed by atoms with Crippen molar-refractivity contribution in [3.8, 4) is 0 Å². The fourth-order valence-electron chi connectivity index (χ4n) is 3.31. The van der Waals surface area contributed by atoms with Gasteiger partial charge in [-0.25, -0.2) is 0 Å². The van der Waals surface area contributed by atoms with Gasteiger partial charge >= 0.3 is 0 Å². The summed E-state index contributed by atoms with van der Waals surface area (Å²) in [5, 5.41) is 3.78. The van der Waals surface area contributed by atoms with E-state index in [4.69, 9.17) is 9.47 Å². The zero-order valence-electron chi connectivity index (χ0n) is 11.6. The molecular formula is C14H27NO2. The highest BCUT2D eigenvalue weighted by molar-refractivity contribution is 5.00. The molecule has 2 aliphatic carbocycles. The smallest absolute Gasteiger partial charge is 0.0986 e. The summed E-state index contributed by atoms with van der Waals surface area (Å²) in [5.41, 5.74) is 0. The Morgan fingerprint density at radius 3 is 2.47 bits per heavy atom. The highest BCUT2D eigenvalue weighted by atomic mass is 16.5. The minimum atomic E-state index is 0.248. The van der Waals surface area contributed by atoms with Crippen LogP contribution in [0.2, 0.25) is 0 Å². The van der Waals surface area contributed by atoms with Gasteiger partial charge in [0.05, 0.1) is 12.2 Å². The molecule has 0 heterocycles. The molecule has 3 nitrogen and oxygen atoms in total. The van der Waals surface area contributed by atoms with Gasteiger partial charge in [0.25, 0.3) is 0 Å². The van der Waals surface area contributed by atoms with E-state index >= 15 is 0 Å². The number of ether oxygens (including phenoxy) is 2. The second-order valence-electron chi connectivity index (χ2n) is 5.72. The number of nitrogens with one attached hydrogen (secondary N) is 1. The molecule has 2 rings (SSSR count). The second-order valence-corrected chi connectivity index (χ2v) is 5.72. The van der Waals surface area contributed by atoms with E-state index in [2.05, 4.69) is 19.2 Å². The minimum absolute atomic E-state index is 0.248. The van der Waals surface area contributed by atoms with Crippen LogP contribution in [0.3, 0.4) is 0 Å². The Kier molecular flexibility index (Phi) is 4.45. The van der Waals surface area contributed by atoms with Gasteiger partial charge in [-0.05, 0) is 38.0 Å². The highest BCUT2D eigenvalue weighted by Gasteiger charge is 2.44. The van der Waals surface area contributed by atoms with Gasteiger partial charge in [-0.2, -0.15) is 0 Å². The molecule has 0 aromatic rings. The molecule has 6 atom stereocenters. The lowest BCUT2D eigenvalue weighted by atomic mass is 9.83. The summed E-state index contributed by atoms with van der Waals surface area (Å²) in [4.78, 5) is 0. The van der Waals surface area contributed by atoms with Gasteiger partial charge in [-0.15, -0.1) is 0 Å². The van der Waals surface area contributed by atoms with Crippen molar-refractivity contribution in [2.45, 2.75) is 64.3 Å². The summed E-state index contributed by atoms with van der Waals surface area (Å²) in [6.07, 6.45) is 4.33. The molecule has 0 aliphatic heterocycles. The third-order valence-electron chi connectivity index (χ3n) is 4.80. The second kappa shape index (κ2) is 5.68. The standard InChI is InChI=1S/C14H27NO2/c1-5-17-13-8-12(14(13)16-4)15-11-7-6-9(2)10(11)3/h9-15H,5-8H2,1-4H3. The SMILES string of the molecule is CCOC1CC(NC2CCC(C)C2C)C1OC. The van der Waals surface area contributed by atoms with Crippen LogP contribution in [-0.4, -0.2) is 38.0 Å². The summed E-state index contributed by atoms with van der Waals surface area (Å²) >= 11 is 0. The van der Waals surface area contributed by atoms with E-state index in [0.29, 0.717) is 18.2 Å². The first-order valence-electron chi connectivity index (χ1n) is 7.07. The average Bonchev–Trinajstić information content (AvgIpc) is 2.59. The molecule has 100 valence electrons. The van der Waals surface area contributed by atoms with Crippen LogP contribution in [0.15, 0.2) is 0 Å². The van der Waals surface area contributed by atoms with Gasteiger partial charge in [0, 0.05) is 25.8 Å². The van der Waals surface area contributed by atoms with Gasteiger partial charge < -0.3 is 14.8 Å². The van der Waals surface area contributed by atoms with Gasteiger partial charge in [0.1, 0.15) is 0 Å². The Balaban J connectivity index is 1.80. The summed E-state index contributed by atoms with van der Waals surface area (Å²) in [5.74, 6) is 1.65. The molecule has 1 N–H and O–H groups in total. The zero-order chi connectivity index (χ0) is 12.4. The van der Waals surface area contributed by atoms with Crippen molar-refractivity contribution >= 4 is 0 Å². The van der Waals surface area contributed by atoms with Crippen LogP contribution in [-0.2, 0) is 9.47 Å². The van der Waals surface area contributed by atoms with Gasteiger partial charge in [0.15, 0.2) is 0 Å². The third-order valence-corrected chi connectivity index (χ3v) is 4.80. The molecule has 0 saturated heterocycles. The molecule has 17 heavy (non-hydrogen) atoms. The normalized spacial score (nSPS) is 45.9. The fourth-order valence-corrected chi connectivity index (χ4v) is 3.31. The first-order valence-corrected chi connectivity index (χ1v) is 7.07. The van der Waals surface area contributed by atoms with Crippen molar-refractivity contribution in [2.75, 3.05) is 13.7 Å². The maximum Gasteiger partial charge on any atom is 0.0986 e. The van der Waals surface area contributed by atoms with Gasteiger partial charge in [-0.1, -0.05) is 13.8 Å². The van der Waals surface area contributed by atoms with Crippen LogP contribution in [0.4, 0.5) is 0 Å². The first-order chi connectivity index (χ1) is 8.17. The molecule has 2 aliphatic rings. The highest BCUT2D eigenvalue weighted by Crippen LogP contribution is 2.34. The Labute approximate surface area is 105 Å². The summed E-state index contributed by atoms with van der Waals surface area (Å²) in [6, 6.07) is 1.17. The van der Waals surface area contributed by atoms with Gasteiger partial charge in [0.2, 0.25) is 0 Å². The van der Waals surface area contributed by atoms with E-state index in [-0.39, 0.29) is 6.10 Å². The molecule has 0 spiro atoms. The summed E-state index contributed by atoms with van der Waals surface area (Å²) in [7, 11) is 1.80. The molecule has 0 radical (unpaired) electrons. The van der Waals surface area contributed by atoms with E-state index in [1.165, 1.54) is 12.8 Å². The van der Waals surface area contributed by atoms with E-state index in [9.17, 15) is 0 Å². The average molecular weight is 241 g/mol. The Bertz CT molecular complexity index is 246. The largest absolute Gasteiger partial charge is 0.377 e. The molecule has 6 unspecified atom stereocenters. The summed E-state index contributed by atoms with van der Waals surface area (Å²) in [6.45, 7) is 7.57. The number of hydrogen-bond acceptors (Lipinski definition) is 3. The van der Waals surface area contributed by atoms with E-state index in [1.807, 2.05) is 6.92 Å². The third kappa shape index (κ3) is 2.67. The quantitative estimate of drug-likeness (QED) is 0.800. The van der Waals surface area contributed by atoms with Gasteiger partial charge in [-0.3, -0.25) is 0 Å². The maximum absolute atomic E-state index is 5.66. The van der Waals surface area contributed by atoms with E-state index in [0.717, 1.165) is 24.9 Å².